The first-order chi connectivity index (χ1) is 9.49. The third-order valence-corrected chi connectivity index (χ3v) is 4.96. The highest BCUT2D eigenvalue weighted by atomic mass is 16.4. The van der Waals surface area contributed by atoms with Crippen LogP contribution in [0.4, 0.5) is 0 Å². The largest absolute Gasteiger partial charge is 0.480 e. The Bertz CT molecular complexity index is 369. The number of aliphatic hydroxyl groups excluding tert-OH is 1. The molecule has 114 valence electrons. The Morgan fingerprint density at radius 1 is 1.10 bits per heavy atom. The van der Waals surface area contributed by atoms with Gasteiger partial charge in [0, 0.05) is 5.92 Å². The standard InChI is InChI=1S/C15H25NO4/c1-9(17)13(15(19)20)16-14(18)12-7-6-10-4-2-3-5-11(10)8-12/h9-13,17H,2-8H2,1H3,(H,16,18)(H,19,20). The second-order valence-corrected chi connectivity index (χ2v) is 6.38. The van der Waals surface area contributed by atoms with Gasteiger partial charge in [0.25, 0.3) is 0 Å². The Morgan fingerprint density at radius 3 is 2.35 bits per heavy atom. The molecule has 0 radical (unpaired) electrons. The first kappa shape index (κ1) is 15.3. The average Bonchev–Trinajstić information content (AvgIpc) is 2.43. The van der Waals surface area contributed by atoms with Crippen molar-refractivity contribution in [1.29, 1.82) is 0 Å². The molecule has 0 aromatic carbocycles. The minimum absolute atomic E-state index is 0.0880. The third kappa shape index (κ3) is 3.51. The Hall–Kier alpha value is -1.10. The van der Waals surface area contributed by atoms with Gasteiger partial charge in [0.1, 0.15) is 0 Å². The molecule has 5 atom stereocenters. The summed E-state index contributed by atoms with van der Waals surface area (Å²) in [6, 6.07) is -1.20. The van der Waals surface area contributed by atoms with E-state index < -0.39 is 18.1 Å². The van der Waals surface area contributed by atoms with Gasteiger partial charge in [0.05, 0.1) is 6.10 Å². The van der Waals surface area contributed by atoms with Gasteiger partial charge in [-0.15, -0.1) is 0 Å². The summed E-state index contributed by atoms with van der Waals surface area (Å²) in [5.41, 5.74) is 0. The van der Waals surface area contributed by atoms with Crippen molar-refractivity contribution < 1.29 is 19.8 Å². The van der Waals surface area contributed by atoms with Gasteiger partial charge in [-0.2, -0.15) is 0 Å². The molecule has 0 aliphatic heterocycles. The maximum absolute atomic E-state index is 12.2. The summed E-state index contributed by atoms with van der Waals surface area (Å²) in [4.78, 5) is 23.2. The molecule has 2 aliphatic carbocycles. The van der Waals surface area contributed by atoms with E-state index in [1.54, 1.807) is 0 Å². The number of carbonyl (C=O) groups excluding carboxylic acids is 1. The van der Waals surface area contributed by atoms with Crippen molar-refractivity contribution >= 4 is 11.9 Å². The zero-order chi connectivity index (χ0) is 14.7. The van der Waals surface area contributed by atoms with Crippen LogP contribution in [0.1, 0.15) is 51.9 Å². The molecule has 5 heteroatoms. The van der Waals surface area contributed by atoms with Crippen LogP contribution < -0.4 is 5.32 Å². The van der Waals surface area contributed by atoms with E-state index in [-0.39, 0.29) is 11.8 Å². The van der Waals surface area contributed by atoms with E-state index in [1.165, 1.54) is 32.6 Å². The molecule has 1 amide bonds. The summed E-state index contributed by atoms with van der Waals surface area (Å²) in [6.07, 6.45) is 6.76. The molecular weight excluding hydrogens is 258 g/mol. The lowest BCUT2D eigenvalue weighted by Crippen LogP contribution is -2.50. The molecule has 2 saturated carbocycles. The van der Waals surface area contributed by atoms with E-state index in [0.717, 1.165) is 25.2 Å². The van der Waals surface area contributed by atoms with Crippen molar-refractivity contribution in [2.75, 3.05) is 0 Å². The number of aliphatic carboxylic acids is 1. The van der Waals surface area contributed by atoms with E-state index in [4.69, 9.17) is 5.11 Å². The van der Waals surface area contributed by atoms with Crippen LogP contribution in [-0.4, -0.2) is 34.2 Å². The van der Waals surface area contributed by atoms with Crippen molar-refractivity contribution in [3.63, 3.8) is 0 Å². The number of aliphatic hydroxyl groups is 1. The van der Waals surface area contributed by atoms with Crippen molar-refractivity contribution in [2.45, 2.75) is 64.0 Å². The number of amides is 1. The number of nitrogens with one attached hydrogen (secondary N) is 1. The molecule has 0 bridgehead atoms. The van der Waals surface area contributed by atoms with Crippen LogP contribution >= 0.6 is 0 Å². The number of hydrogen-bond donors (Lipinski definition) is 3. The molecule has 2 rings (SSSR count). The normalized spacial score (nSPS) is 32.8. The quantitative estimate of drug-likeness (QED) is 0.730. The molecule has 20 heavy (non-hydrogen) atoms. The Balaban J connectivity index is 1.91. The van der Waals surface area contributed by atoms with Crippen LogP contribution in [0.2, 0.25) is 0 Å². The Kier molecular flexibility index (Phi) is 5.02. The number of carbonyl (C=O) groups is 2. The topological polar surface area (TPSA) is 86.6 Å². The molecule has 5 nitrogen and oxygen atoms in total. The highest BCUT2D eigenvalue weighted by Gasteiger charge is 2.36. The van der Waals surface area contributed by atoms with Gasteiger partial charge in [-0.3, -0.25) is 4.79 Å². The number of hydrogen-bond acceptors (Lipinski definition) is 3. The molecule has 0 heterocycles. The van der Waals surface area contributed by atoms with Crippen LogP contribution in [0.3, 0.4) is 0 Å². The fraction of sp³-hybridized carbons (Fsp3) is 0.867. The monoisotopic (exact) mass is 283 g/mol. The summed E-state index contributed by atoms with van der Waals surface area (Å²) in [7, 11) is 0. The van der Waals surface area contributed by atoms with Crippen LogP contribution in [0.15, 0.2) is 0 Å². The first-order valence-corrected chi connectivity index (χ1v) is 7.70. The second kappa shape index (κ2) is 6.57. The fourth-order valence-corrected chi connectivity index (χ4v) is 3.77. The predicted molar refractivity (Wildman–Crippen MR) is 74.0 cm³/mol. The minimum atomic E-state index is -1.20. The molecule has 0 aromatic rings. The molecule has 0 aromatic heterocycles. The zero-order valence-corrected chi connectivity index (χ0v) is 12.0. The maximum atomic E-state index is 12.2. The Labute approximate surface area is 119 Å². The number of carboxylic acids is 1. The van der Waals surface area contributed by atoms with Gasteiger partial charge in [0.2, 0.25) is 5.91 Å². The summed E-state index contributed by atoms with van der Waals surface area (Å²) >= 11 is 0. The van der Waals surface area contributed by atoms with Crippen LogP contribution in [0.25, 0.3) is 0 Å². The summed E-state index contributed by atoms with van der Waals surface area (Å²) < 4.78 is 0. The SMILES string of the molecule is CC(O)C(NC(=O)C1CCC2CCCCC2C1)C(=O)O. The van der Waals surface area contributed by atoms with Crippen molar-refractivity contribution in [3.8, 4) is 0 Å². The van der Waals surface area contributed by atoms with Crippen molar-refractivity contribution in [3.05, 3.63) is 0 Å². The van der Waals surface area contributed by atoms with Gasteiger partial charge >= 0.3 is 5.97 Å². The molecular formula is C15H25NO4. The molecule has 3 N–H and O–H groups in total. The minimum Gasteiger partial charge on any atom is -0.480 e. The second-order valence-electron chi connectivity index (χ2n) is 6.38. The maximum Gasteiger partial charge on any atom is 0.328 e. The highest BCUT2D eigenvalue weighted by Crippen LogP contribution is 2.42. The van der Waals surface area contributed by atoms with E-state index >= 15 is 0 Å². The first-order valence-electron chi connectivity index (χ1n) is 7.70. The predicted octanol–water partition coefficient (Wildman–Crippen LogP) is 1.54. The highest BCUT2D eigenvalue weighted by molar-refractivity contribution is 5.85. The van der Waals surface area contributed by atoms with Gasteiger partial charge in [-0.25, -0.2) is 4.79 Å². The summed E-state index contributed by atoms with van der Waals surface area (Å²) in [5, 5.41) is 20.9. The van der Waals surface area contributed by atoms with Crippen LogP contribution in [0, 0.1) is 17.8 Å². The van der Waals surface area contributed by atoms with Gasteiger partial charge in [0.15, 0.2) is 6.04 Å². The zero-order valence-electron chi connectivity index (χ0n) is 12.0. The fourth-order valence-electron chi connectivity index (χ4n) is 3.77. The molecule has 5 unspecified atom stereocenters. The average molecular weight is 283 g/mol. The molecule has 0 saturated heterocycles. The van der Waals surface area contributed by atoms with Gasteiger partial charge in [-0.1, -0.05) is 25.7 Å². The van der Waals surface area contributed by atoms with Gasteiger partial charge < -0.3 is 15.5 Å². The third-order valence-electron chi connectivity index (χ3n) is 4.96. The summed E-state index contributed by atoms with van der Waals surface area (Å²) in [6.45, 7) is 1.39. The van der Waals surface area contributed by atoms with Crippen molar-refractivity contribution in [1.82, 2.24) is 5.32 Å². The van der Waals surface area contributed by atoms with Crippen LogP contribution in [-0.2, 0) is 9.59 Å². The molecule has 0 spiro atoms. The molecule has 2 aliphatic rings. The number of carboxylic acid groups (broad SMARTS) is 1. The van der Waals surface area contributed by atoms with Crippen LogP contribution in [0.5, 0.6) is 0 Å². The van der Waals surface area contributed by atoms with E-state index in [9.17, 15) is 14.7 Å². The lowest BCUT2D eigenvalue weighted by atomic mass is 9.67. The molecule has 2 fully saturated rings. The summed E-state index contributed by atoms with van der Waals surface area (Å²) in [5.74, 6) is -0.0834. The van der Waals surface area contributed by atoms with Crippen molar-refractivity contribution in [2.24, 2.45) is 17.8 Å². The van der Waals surface area contributed by atoms with E-state index in [2.05, 4.69) is 5.32 Å². The number of fused-ring (bicyclic) bond motifs is 1. The lowest BCUT2D eigenvalue weighted by Gasteiger charge is -2.39. The smallest absolute Gasteiger partial charge is 0.328 e. The lowest BCUT2D eigenvalue weighted by molar-refractivity contribution is -0.145. The van der Waals surface area contributed by atoms with Gasteiger partial charge in [-0.05, 0) is 38.0 Å². The number of rotatable bonds is 4. The Morgan fingerprint density at radius 2 is 1.75 bits per heavy atom. The van der Waals surface area contributed by atoms with E-state index in [1.807, 2.05) is 0 Å². The van der Waals surface area contributed by atoms with E-state index in [0.29, 0.717) is 5.92 Å².